The Labute approximate surface area is 99.7 Å². The second-order valence-corrected chi connectivity index (χ2v) is 3.87. The molecule has 0 unspecified atom stereocenters. The van der Waals surface area contributed by atoms with E-state index in [1.54, 1.807) is 13.0 Å². The van der Waals surface area contributed by atoms with Crippen LogP contribution >= 0.6 is 0 Å². The van der Waals surface area contributed by atoms with Gasteiger partial charge in [0.1, 0.15) is 12.2 Å². The number of cyclic esters (lactones) is 1. The van der Waals surface area contributed by atoms with E-state index in [1.807, 2.05) is 0 Å². The number of ether oxygens (including phenoxy) is 2. The highest BCUT2D eigenvalue weighted by Crippen LogP contribution is 2.11. The number of carbonyl (C=O) groups excluding carboxylic acids is 2. The van der Waals surface area contributed by atoms with Crippen LogP contribution in [0.2, 0.25) is 0 Å². The summed E-state index contributed by atoms with van der Waals surface area (Å²) in [7, 11) is 0. The van der Waals surface area contributed by atoms with Gasteiger partial charge in [-0.3, -0.25) is 4.79 Å². The van der Waals surface area contributed by atoms with Crippen LogP contribution in [0, 0.1) is 0 Å². The lowest BCUT2D eigenvalue weighted by atomic mass is 10.1. The van der Waals surface area contributed by atoms with Crippen molar-refractivity contribution in [2.24, 2.45) is 0 Å². The maximum Gasteiger partial charge on any atom is 0.330 e. The van der Waals surface area contributed by atoms with Crippen LogP contribution in [-0.4, -0.2) is 35.4 Å². The fraction of sp³-hybridized carbons (Fsp3) is 0.500. The average molecular weight is 240 g/mol. The van der Waals surface area contributed by atoms with E-state index in [0.29, 0.717) is 6.42 Å². The first kappa shape index (κ1) is 13.4. The van der Waals surface area contributed by atoms with Gasteiger partial charge in [0.2, 0.25) is 0 Å². The van der Waals surface area contributed by atoms with Gasteiger partial charge in [0.05, 0.1) is 6.10 Å². The largest absolute Gasteiger partial charge is 0.459 e. The predicted molar refractivity (Wildman–Crippen MR) is 60.0 cm³/mol. The minimum absolute atomic E-state index is 0.363. The molecule has 0 saturated heterocycles. The van der Waals surface area contributed by atoms with E-state index in [2.05, 4.69) is 0 Å². The number of aliphatic hydroxyl groups is 1. The Hall–Kier alpha value is -1.62. The molecule has 0 bridgehead atoms. The van der Waals surface area contributed by atoms with Crippen LogP contribution in [0.1, 0.15) is 20.3 Å². The molecule has 3 atom stereocenters. The number of hydrogen-bond donors (Lipinski definition) is 1. The van der Waals surface area contributed by atoms with Crippen molar-refractivity contribution in [3.63, 3.8) is 0 Å². The summed E-state index contributed by atoms with van der Waals surface area (Å²) in [6.07, 6.45) is 4.14. The summed E-state index contributed by atoms with van der Waals surface area (Å²) in [5, 5.41) is 9.44. The van der Waals surface area contributed by atoms with Crippen molar-refractivity contribution in [2.45, 2.75) is 38.6 Å². The highest BCUT2D eigenvalue weighted by molar-refractivity contribution is 5.82. The van der Waals surface area contributed by atoms with Crippen molar-refractivity contribution in [1.82, 2.24) is 0 Å². The van der Waals surface area contributed by atoms with Crippen molar-refractivity contribution in [1.29, 1.82) is 0 Å². The molecule has 0 fully saturated rings. The number of esters is 2. The first-order valence-corrected chi connectivity index (χ1v) is 5.40. The molecule has 0 spiro atoms. The van der Waals surface area contributed by atoms with Gasteiger partial charge in [0.25, 0.3) is 0 Å². The number of hydrogen-bond acceptors (Lipinski definition) is 5. The molecule has 0 amide bonds. The van der Waals surface area contributed by atoms with Gasteiger partial charge in [-0.1, -0.05) is 6.08 Å². The third kappa shape index (κ3) is 5.31. The highest BCUT2D eigenvalue weighted by atomic mass is 16.6. The summed E-state index contributed by atoms with van der Waals surface area (Å²) in [5.41, 5.74) is 0. The number of rotatable bonds is 1. The molecule has 1 heterocycles. The minimum atomic E-state index is -0.894. The molecular weight excluding hydrogens is 224 g/mol. The lowest BCUT2D eigenvalue weighted by molar-refractivity contribution is -0.148. The van der Waals surface area contributed by atoms with Crippen molar-refractivity contribution >= 4 is 11.9 Å². The van der Waals surface area contributed by atoms with Crippen LogP contribution in [0.4, 0.5) is 0 Å². The molecule has 17 heavy (non-hydrogen) atoms. The topological polar surface area (TPSA) is 72.8 Å². The third-order valence-corrected chi connectivity index (χ3v) is 2.15. The monoisotopic (exact) mass is 240 g/mol. The van der Waals surface area contributed by atoms with Crippen molar-refractivity contribution in [3.8, 4) is 0 Å². The molecule has 1 rings (SSSR count). The predicted octanol–water partition coefficient (Wildman–Crippen LogP) is 0.727. The van der Waals surface area contributed by atoms with Crippen LogP contribution in [0.5, 0.6) is 0 Å². The Morgan fingerprint density at radius 2 is 2.18 bits per heavy atom. The number of carbonyl (C=O) groups is 2. The van der Waals surface area contributed by atoms with Gasteiger partial charge in [0.15, 0.2) is 0 Å². The summed E-state index contributed by atoms with van der Waals surface area (Å²) in [6, 6.07) is 0. The van der Waals surface area contributed by atoms with Gasteiger partial charge in [-0.15, -0.1) is 0 Å². The second kappa shape index (κ2) is 6.20. The van der Waals surface area contributed by atoms with Gasteiger partial charge >= 0.3 is 11.9 Å². The quantitative estimate of drug-likeness (QED) is 0.540. The second-order valence-electron chi connectivity index (χ2n) is 3.87. The summed E-state index contributed by atoms with van der Waals surface area (Å²) >= 11 is 0. The first-order chi connectivity index (χ1) is 7.97. The molecule has 1 N–H and O–H groups in total. The zero-order chi connectivity index (χ0) is 12.8. The molecular formula is C12H16O5. The summed E-state index contributed by atoms with van der Waals surface area (Å²) < 4.78 is 10.0. The third-order valence-electron chi connectivity index (χ3n) is 2.15. The van der Waals surface area contributed by atoms with Gasteiger partial charge in [-0.05, 0) is 19.1 Å². The fourth-order valence-corrected chi connectivity index (χ4v) is 1.47. The fourth-order valence-electron chi connectivity index (χ4n) is 1.47. The Morgan fingerprint density at radius 3 is 2.82 bits per heavy atom. The standard InChI is InChI=1S/C12H16O5/c1-8-7-11(17-9(2)13)5-3-10(14)4-6-12(15)16-8/h3-6,8,10-11,14H,7H2,1-2H3/b5-3+,6-4-/t8-,10-,11-/m1/s1. The molecule has 0 radical (unpaired) electrons. The first-order valence-electron chi connectivity index (χ1n) is 5.40. The molecule has 0 aromatic heterocycles. The molecule has 5 nitrogen and oxygen atoms in total. The maximum atomic E-state index is 11.2. The Bertz CT molecular complexity index is 345. The van der Waals surface area contributed by atoms with Gasteiger partial charge in [-0.2, -0.15) is 0 Å². The van der Waals surface area contributed by atoms with Crippen molar-refractivity contribution in [3.05, 3.63) is 24.3 Å². The highest BCUT2D eigenvalue weighted by Gasteiger charge is 2.17. The molecule has 1 aliphatic rings. The molecule has 0 saturated carbocycles. The molecule has 0 aromatic carbocycles. The summed E-state index contributed by atoms with van der Waals surface area (Å²) in [6.45, 7) is 3.02. The summed E-state index contributed by atoms with van der Waals surface area (Å²) in [5.74, 6) is -0.936. The summed E-state index contributed by atoms with van der Waals surface area (Å²) in [4.78, 5) is 22.1. The van der Waals surface area contributed by atoms with Crippen LogP contribution < -0.4 is 0 Å². The zero-order valence-corrected chi connectivity index (χ0v) is 9.83. The Morgan fingerprint density at radius 1 is 1.47 bits per heavy atom. The lowest BCUT2D eigenvalue weighted by Gasteiger charge is -2.19. The SMILES string of the molecule is CC(=O)O[C@@H]1/C=C/[C@@H](O)/C=C\C(=O)O[C@H](C)C1. The van der Waals surface area contributed by atoms with Gasteiger partial charge in [-0.25, -0.2) is 4.79 Å². The Balaban J connectivity index is 2.78. The molecule has 0 aromatic rings. The van der Waals surface area contributed by atoms with Crippen LogP contribution in [-0.2, 0) is 19.1 Å². The minimum Gasteiger partial charge on any atom is -0.459 e. The van der Waals surface area contributed by atoms with E-state index in [0.717, 1.165) is 0 Å². The average Bonchev–Trinajstić information content (AvgIpc) is 2.21. The smallest absolute Gasteiger partial charge is 0.330 e. The van der Waals surface area contributed by atoms with E-state index < -0.39 is 24.1 Å². The van der Waals surface area contributed by atoms with E-state index >= 15 is 0 Å². The van der Waals surface area contributed by atoms with E-state index in [4.69, 9.17) is 9.47 Å². The normalized spacial score (nSPS) is 33.4. The molecule has 5 heteroatoms. The van der Waals surface area contributed by atoms with Crippen molar-refractivity contribution < 1.29 is 24.2 Å². The Kier molecular flexibility index (Phi) is 4.90. The van der Waals surface area contributed by atoms with Crippen LogP contribution in [0.15, 0.2) is 24.3 Å². The molecule has 94 valence electrons. The number of aliphatic hydroxyl groups excluding tert-OH is 1. The van der Waals surface area contributed by atoms with Crippen LogP contribution in [0.3, 0.4) is 0 Å². The van der Waals surface area contributed by atoms with Gasteiger partial charge < -0.3 is 14.6 Å². The maximum absolute atomic E-state index is 11.2. The molecule has 0 aliphatic carbocycles. The molecule has 1 aliphatic heterocycles. The van der Waals surface area contributed by atoms with E-state index in [-0.39, 0.29) is 6.10 Å². The van der Waals surface area contributed by atoms with E-state index in [9.17, 15) is 14.7 Å². The lowest BCUT2D eigenvalue weighted by Crippen LogP contribution is -2.24. The zero-order valence-electron chi connectivity index (χ0n) is 9.83. The van der Waals surface area contributed by atoms with Crippen LogP contribution in [0.25, 0.3) is 0 Å². The van der Waals surface area contributed by atoms with Crippen molar-refractivity contribution in [2.75, 3.05) is 0 Å². The van der Waals surface area contributed by atoms with Gasteiger partial charge in [0, 0.05) is 19.4 Å². The van der Waals surface area contributed by atoms with E-state index in [1.165, 1.54) is 25.2 Å².